The summed E-state index contributed by atoms with van der Waals surface area (Å²) in [6, 6.07) is 13.5. The predicted octanol–water partition coefficient (Wildman–Crippen LogP) is 2.04. The fourth-order valence-electron chi connectivity index (χ4n) is 3.36. The fraction of sp³-hybridized carbons (Fsp3) is 0.0909. The summed E-state index contributed by atoms with van der Waals surface area (Å²) in [6.45, 7) is 0. The number of ether oxygens (including phenoxy) is 2. The van der Waals surface area contributed by atoms with Gasteiger partial charge in [0.15, 0.2) is 5.71 Å². The molecule has 2 N–H and O–H groups in total. The van der Waals surface area contributed by atoms with E-state index in [1.165, 1.54) is 20.3 Å². The molecule has 0 saturated heterocycles. The molecule has 2 heterocycles. The van der Waals surface area contributed by atoms with Gasteiger partial charge in [-0.15, -0.1) is 0 Å². The number of hydrogen-bond donors (Lipinski definition) is 2. The van der Waals surface area contributed by atoms with Gasteiger partial charge in [-0.2, -0.15) is 0 Å². The van der Waals surface area contributed by atoms with Crippen molar-refractivity contribution in [3.63, 3.8) is 0 Å². The second-order valence-electron chi connectivity index (χ2n) is 6.53. The molecule has 0 bridgehead atoms. The molecule has 0 radical (unpaired) electrons. The first-order valence-corrected chi connectivity index (χ1v) is 9.16. The van der Waals surface area contributed by atoms with Crippen LogP contribution in [-0.4, -0.2) is 40.6 Å². The number of carbonyl (C=O) groups excluding carboxylic acids is 1. The lowest BCUT2D eigenvalue weighted by Crippen LogP contribution is -2.30. The summed E-state index contributed by atoms with van der Waals surface area (Å²) in [4.78, 5) is 43.8. The van der Waals surface area contributed by atoms with Gasteiger partial charge in [-0.25, -0.2) is 19.1 Å². The van der Waals surface area contributed by atoms with Crippen molar-refractivity contribution in [3.8, 4) is 17.3 Å². The van der Waals surface area contributed by atoms with Crippen LogP contribution in [0.15, 0.2) is 63.1 Å². The van der Waals surface area contributed by atoms with E-state index in [4.69, 9.17) is 9.47 Å². The molecule has 1 aromatic heterocycles. The maximum absolute atomic E-state index is 12.6. The molecule has 156 valence electrons. The van der Waals surface area contributed by atoms with Crippen LogP contribution in [0.5, 0.6) is 11.6 Å². The Labute approximate surface area is 175 Å². The largest absolute Gasteiger partial charge is 0.495 e. The van der Waals surface area contributed by atoms with E-state index in [9.17, 15) is 19.5 Å². The molecule has 9 nitrogen and oxygen atoms in total. The number of hydrogen-bond acceptors (Lipinski definition) is 7. The van der Waals surface area contributed by atoms with E-state index in [1.54, 1.807) is 48.5 Å². The van der Waals surface area contributed by atoms with Gasteiger partial charge in [-0.05, 0) is 24.3 Å². The molecular weight excluding hydrogens is 402 g/mol. The molecule has 4 rings (SSSR count). The van der Waals surface area contributed by atoms with Crippen LogP contribution in [0.2, 0.25) is 0 Å². The Morgan fingerprint density at radius 2 is 1.81 bits per heavy atom. The average molecular weight is 419 g/mol. The molecule has 31 heavy (non-hydrogen) atoms. The third-order valence-corrected chi connectivity index (χ3v) is 4.80. The van der Waals surface area contributed by atoms with Gasteiger partial charge in [-0.3, -0.25) is 9.78 Å². The van der Waals surface area contributed by atoms with Gasteiger partial charge in [-0.1, -0.05) is 30.3 Å². The third kappa shape index (κ3) is 3.31. The van der Waals surface area contributed by atoms with Crippen LogP contribution in [0.25, 0.3) is 17.3 Å². The molecule has 0 spiro atoms. The number of aromatic amines is 1. The van der Waals surface area contributed by atoms with E-state index in [2.05, 4.69) is 9.98 Å². The molecular formula is C22H17N3O6. The van der Waals surface area contributed by atoms with Crippen molar-refractivity contribution in [3.05, 3.63) is 80.5 Å². The molecule has 0 fully saturated rings. The van der Waals surface area contributed by atoms with E-state index in [0.29, 0.717) is 17.0 Å². The normalized spacial score (nSPS) is 13.6. The Morgan fingerprint density at radius 1 is 1.10 bits per heavy atom. The van der Waals surface area contributed by atoms with Crippen LogP contribution < -0.4 is 16.0 Å². The second-order valence-corrected chi connectivity index (χ2v) is 6.53. The van der Waals surface area contributed by atoms with Crippen molar-refractivity contribution in [1.82, 2.24) is 9.55 Å². The third-order valence-electron chi connectivity index (χ3n) is 4.80. The Hall–Kier alpha value is -4.40. The Kier molecular flexibility index (Phi) is 5.00. The van der Waals surface area contributed by atoms with Crippen molar-refractivity contribution < 1.29 is 19.4 Å². The number of aromatic hydroxyl groups is 1. The molecule has 1 aliphatic rings. The lowest BCUT2D eigenvalue weighted by molar-refractivity contribution is -0.132. The molecule has 2 aromatic carbocycles. The quantitative estimate of drug-likeness (QED) is 0.624. The smallest absolute Gasteiger partial charge is 0.357 e. The van der Waals surface area contributed by atoms with Crippen LogP contribution >= 0.6 is 0 Å². The van der Waals surface area contributed by atoms with Crippen LogP contribution in [0.3, 0.4) is 0 Å². The number of fused-ring (bicyclic) bond motifs is 1. The van der Waals surface area contributed by atoms with Crippen molar-refractivity contribution in [1.29, 1.82) is 0 Å². The molecule has 9 heteroatoms. The van der Waals surface area contributed by atoms with Crippen molar-refractivity contribution in [2.24, 2.45) is 4.99 Å². The first kappa shape index (κ1) is 19.9. The summed E-state index contributed by atoms with van der Waals surface area (Å²) in [6.07, 6.45) is 1.31. The fourth-order valence-corrected chi connectivity index (χ4v) is 3.36. The molecule has 0 amide bonds. The number of aliphatic imine (C=N–C) groups is 1. The Morgan fingerprint density at radius 3 is 2.55 bits per heavy atom. The lowest BCUT2D eigenvalue weighted by Gasteiger charge is -2.13. The number of aromatic nitrogens is 2. The summed E-state index contributed by atoms with van der Waals surface area (Å²) >= 11 is 0. The number of H-pyrrole nitrogens is 1. The number of carbonyl (C=O) groups is 1. The number of rotatable bonds is 4. The highest BCUT2D eigenvalue weighted by Crippen LogP contribution is 2.37. The highest BCUT2D eigenvalue weighted by Gasteiger charge is 2.28. The summed E-state index contributed by atoms with van der Waals surface area (Å²) in [5.74, 6) is -0.996. The van der Waals surface area contributed by atoms with Crippen LogP contribution in [-0.2, 0) is 9.53 Å². The van der Waals surface area contributed by atoms with Gasteiger partial charge in [0.05, 0.1) is 25.6 Å². The monoisotopic (exact) mass is 419 g/mol. The minimum atomic E-state index is -0.845. The highest BCUT2D eigenvalue weighted by atomic mass is 16.5. The minimum Gasteiger partial charge on any atom is -0.495 e. The van der Waals surface area contributed by atoms with Gasteiger partial charge in [0.1, 0.15) is 11.3 Å². The van der Waals surface area contributed by atoms with Crippen molar-refractivity contribution in [2.45, 2.75) is 0 Å². The molecule has 0 atom stereocenters. The number of nitrogens with zero attached hydrogens (tertiary/aromatic N) is 2. The second kappa shape index (κ2) is 7.79. The summed E-state index contributed by atoms with van der Waals surface area (Å²) in [5, 5.41) is 10.9. The topological polar surface area (TPSA) is 123 Å². The Bertz CT molecular complexity index is 1380. The number of esters is 1. The summed E-state index contributed by atoms with van der Waals surface area (Å²) in [7, 11) is 2.64. The molecule has 0 aliphatic carbocycles. The zero-order valence-electron chi connectivity index (χ0n) is 16.6. The highest BCUT2D eigenvalue weighted by molar-refractivity contribution is 6.58. The van der Waals surface area contributed by atoms with E-state index in [1.807, 2.05) is 0 Å². The lowest BCUT2D eigenvalue weighted by atomic mass is 10.0. The standard InChI is InChI=1S/C22H17N3O6/c1-30-17-10-6-5-9-16(17)25-20(27)14(19(26)24-22(25)29)11-13-12-7-3-4-8-15(12)23-18(13)21(28)31-2/h3-11,27H,1-2H3,(H,24,26,29)/b13-11+. The number of nitrogens with one attached hydrogen (secondary N) is 1. The predicted molar refractivity (Wildman–Crippen MR) is 114 cm³/mol. The molecule has 3 aromatic rings. The average Bonchev–Trinajstić information content (AvgIpc) is 3.14. The van der Waals surface area contributed by atoms with Crippen LogP contribution in [0, 0.1) is 0 Å². The zero-order chi connectivity index (χ0) is 22.1. The first-order valence-electron chi connectivity index (χ1n) is 9.16. The van der Waals surface area contributed by atoms with E-state index in [-0.39, 0.29) is 22.5 Å². The van der Waals surface area contributed by atoms with Crippen LogP contribution in [0.4, 0.5) is 5.69 Å². The van der Waals surface area contributed by atoms with Gasteiger partial charge in [0.2, 0.25) is 5.88 Å². The molecule has 0 saturated carbocycles. The number of benzene rings is 2. The van der Waals surface area contributed by atoms with Gasteiger partial charge in [0, 0.05) is 11.1 Å². The van der Waals surface area contributed by atoms with Gasteiger partial charge < -0.3 is 14.6 Å². The van der Waals surface area contributed by atoms with Crippen molar-refractivity contribution in [2.75, 3.05) is 14.2 Å². The van der Waals surface area contributed by atoms with E-state index < -0.39 is 23.1 Å². The maximum atomic E-state index is 12.6. The summed E-state index contributed by atoms with van der Waals surface area (Å²) in [5.41, 5.74) is -0.297. The van der Waals surface area contributed by atoms with E-state index >= 15 is 0 Å². The zero-order valence-corrected chi connectivity index (χ0v) is 16.6. The SMILES string of the molecule is COC(=O)C1=Nc2ccccc2/C1=C\c1c(O)n(-c2ccccc2OC)c(=O)[nH]c1=O. The minimum absolute atomic E-state index is 0.0162. The number of para-hydroxylation sites is 3. The summed E-state index contributed by atoms with van der Waals surface area (Å²) < 4.78 is 11.0. The van der Waals surface area contributed by atoms with E-state index in [0.717, 1.165) is 4.57 Å². The molecule has 0 unspecified atom stereocenters. The van der Waals surface area contributed by atoms with Crippen LogP contribution in [0.1, 0.15) is 11.1 Å². The first-order chi connectivity index (χ1) is 15.0. The van der Waals surface area contributed by atoms with Gasteiger partial charge in [0.25, 0.3) is 5.56 Å². The van der Waals surface area contributed by atoms with Crippen molar-refractivity contribution >= 4 is 29.0 Å². The number of methoxy groups -OCH3 is 2. The Balaban J connectivity index is 1.98. The molecule has 1 aliphatic heterocycles. The van der Waals surface area contributed by atoms with Gasteiger partial charge >= 0.3 is 11.7 Å². The maximum Gasteiger partial charge on any atom is 0.357 e.